The number of aromatic nitrogens is 2. The Hall–Kier alpha value is -1.36. The van der Waals surface area contributed by atoms with E-state index in [9.17, 15) is 9.90 Å². The van der Waals surface area contributed by atoms with E-state index in [4.69, 9.17) is 0 Å². The SMILES string of the molecule is Cc1nccn1C(C)C(=O)NC1(CO)CCCC1. The first-order valence-electron chi connectivity index (χ1n) is 6.50. The molecule has 0 spiro atoms. The summed E-state index contributed by atoms with van der Waals surface area (Å²) in [6, 6.07) is -0.295. The minimum atomic E-state index is -0.403. The third kappa shape index (κ3) is 2.41. The Bertz CT molecular complexity index is 422. The van der Waals surface area contributed by atoms with Crippen molar-refractivity contribution in [1.29, 1.82) is 0 Å². The molecule has 0 aliphatic heterocycles. The van der Waals surface area contributed by atoms with Gasteiger partial charge in [-0.15, -0.1) is 0 Å². The average Bonchev–Trinajstić information content (AvgIpc) is 2.98. The summed E-state index contributed by atoms with van der Waals surface area (Å²) in [5.41, 5.74) is -0.403. The lowest BCUT2D eigenvalue weighted by Gasteiger charge is -2.30. The summed E-state index contributed by atoms with van der Waals surface area (Å²) >= 11 is 0. The Balaban J connectivity index is 2.06. The normalized spacial score (nSPS) is 19.7. The molecular formula is C13H21N3O2. The quantitative estimate of drug-likeness (QED) is 0.844. The van der Waals surface area contributed by atoms with Gasteiger partial charge in [0.1, 0.15) is 11.9 Å². The van der Waals surface area contributed by atoms with Crippen LogP contribution in [-0.4, -0.2) is 32.7 Å². The predicted octanol–water partition coefficient (Wildman–Crippen LogP) is 1.17. The number of nitrogens with one attached hydrogen (secondary N) is 1. The molecule has 5 nitrogen and oxygen atoms in total. The Morgan fingerprint density at radius 1 is 1.61 bits per heavy atom. The van der Waals surface area contributed by atoms with Gasteiger partial charge < -0.3 is 15.0 Å². The van der Waals surface area contributed by atoms with Crippen LogP contribution in [0.3, 0.4) is 0 Å². The van der Waals surface area contributed by atoms with Crippen LogP contribution in [0.25, 0.3) is 0 Å². The maximum Gasteiger partial charge on any atom is 0.243 e. The number of nitrogens with zero attached hydrogens (tertiary/aromatic N) is 2. The van der Waals surface area contributed by atoms with E-state index in [-0.39, 0.29) is 18.6 Å². The molecule has 0 aromatic carbocycles. The Kier molecular flexibility index (Phi) is 3.71. The molecule has 2 N–H and O–H groups in total. The molecule has 1 fully saturated rings. The molecule has 1 aromatic rings. The smallest absolute Gasteiger partial charge is 0.243 e. The van der Waals surface area contributed by atoms with Crippen LogP contribution in [0.2, 0.25) is 0 Å². The number of amides is 1. The van der Waals surface area contributed by atoms with Gasteiger partial charge in [-0.2, -0.15) is 0 Å². The topological polar surface area (TPSA) is 67.2 Å². The van der Waals surface area contributed by atoms with Crippen molar-refractivity contribution in [3.8, 4) is 0 Å². The van der Waals surface area contributed by atoms with Gasteiger partial charge in [-0.05, 0) is 26.7 Å². The summed E-state index contributed by atoms with van der Waals surface area (Å²) in [5.74, 6) is 0.772. The minimum Gasteiger partial charge on any atom is -0.394 e. The largest absolute Gasteiger partial charge is 0.394 e. The maximum absolute atomic E-state index is 12.2. The van der Waals surface area contributed by atoms with E-state index in [2.05, 4.69) is 10.3 Å². The maximum atomic E-state index is 12.2. The number of carbonyl (C=O) groups excluding carboxylic acids is 1. The van der Waals surface area contributed by atoms with Crippen LogP contribution in [0, 0.1) is 6.92 Å². The summed E-state index contributed by atoms with van der Waals surface area (Å²) in [5, 5.41) is 12.5. The van der Waals surface area contributed by atoms with E-state index >= 15 is 0 Å². The number of hydrogen-bond acceptors (Lipinski definition) is 3. The molecule has 1 aliphatic rings. The number of imidazole rings is 1. The second kappa shape index (κ2) is 5.10. The molecule has 0 bridgehead atoms. The second-order valence-electron chi connectivity index (χ2n) is 5.19. The molecule has 18 heavy (non-hydrogen) atoms. The van der Waals surface area contributed by atoms with Crippen molar-refractivity contribution in [2.24, 2.45) is 0 Å². The van der Waals surface area contributed by atoms with Crippen LogP contribution in [0.15, 0.2) is 12.4 Å². The first-order valence-corrected chi connectivity index (χ1v) is 6.50. The minimum absolute atomic E-state index is 0.0222. The number of aliphatic hydroxyl groups excluding tert-OH is 1. The van der Waals surface area contributed by atoms with Crippen molar-refractivity contribution >= 4 is 5.91 Å². The molecule has 0 saturated heterocycles. The Morgan fingerprint density at radius 2 is 2.28 bits per heavy atom. The zero-order valence-electron chi connectivity index (χ0n) is 11.0. The highest BCUT2D eigenvalue weighted by molar-refractivity contribution is 5.80. The van der Waals surface area contributed by atoms with Gasteiger partial charge in [0.05, 0.1) is 12.1 Å². The van der Waals surface area contributed by atoms with Gasteiger partial charge in [-0.3, -0.25) is 4.79 Å². The highest BCUT2D eigenvalue weighted by Crippen LogP contribution is 2.29. The molecule has 1 aliphatic carbocycles. The van der Waals surface area contributed by atoms with Crippen LogP contribution in [0.1, 0.15) is 44.5 Å². The van der Waals surface area contributed by atoms with Gasteiger partial charge >= 0.3 is 0 Å². The highest BCUT2D eigenvalue weighted by atomic mass is 16.3. The average molecular weight is 251 g/mol. The standard InChI is InChI=1S/C13H21N3O2/c1-10(16-8-7-14-11(16)2)12(18)15-13(9-17)5-3-4-6-13/h7-8,10,17H,3-6,9H2,1-2H3,(H,15,18). The lowest BCUT2D eigenvalue weighted by atomic mass is 9.98. The number of carbonyl (C=O) groups is 1. The zero-order valence-corrected chi connectivity index (χ0v) is 11.0. The van der Waals surface area contributed by atoms with Crippen molar-refractivity contribution in [2.75, 3.05) is 6.61 Å². The lowest BCUT2D eigenvalue weighted by molar-refractivity contribution is -0.126. The fraction of sp³-hybridized carbons (Fsp3) is 0.692. The molecule has 100 valence electrons. The monoisotopic (exact) mass is 251 g/mol. The summed E-state index contributed by atoms with van der Waals surface area (Å²) in [6.45, 7) is 3.75. The zero-order chi connectivity index (χ0) is 13.2. The van der Waals surface area contributed by atoms with Gasteiger partial charge in [0, 0.05) is 12.4 Å². The number of hydrogen-bond donors (Lipinski definition) is 2. The number of aliphatic hydroxyl groups is 1. The molecule has 1 unspecified atom stereocenters. The van der Waals surface area contributed by atoms with E-state index < -0.39 is 5.54 Å². The third-order valence-electron chi connectivity index (χ3n) is 3.91. The van der Waals surface area contributed by atoms with Crippen molar-refractivity contribution in [1.82, 2.24) is 14.9 Å². The van der Waals surface area contributed by atoms with Gasteiger partial charge in [-0.25, -0.2) is 4.98 Å². The summed E-state index contributed by atoms with van der Waals surface area (Å²) < 4.78 is 1.84. The third-order valence-corrected chi connectivity index (χ3v) is 3.91. The van der Waals surface area contributed by atoms with Crippen LogP contribution >= 0.6 is 0 Å². The van der Waals surface area contributed by atoms with Crippen LogP contribution in [0.5, 0.6) is 0 Å². The molecule has 1 saturated carbocycles. The van der Waals surface area contributed by atoms with Gasteiger partial charge in [0.15, 0.2) is 0 Å². The fourth-order valence-corrected chi connectivity index (χ4v) is 2.66. The molecule has 5 heteroatoms. The Morgan fingerprint density at radius 3 is 2.78 bits per heavy atom. The van der Waals surface area contributed by atoms with E-state index in [1.807, 2.05) is 18.4 Å². The van der Waals surface area contributed by atoms with E-state index in [1.165, 1.54) is 0 Å². The van der Waals surface area contributed by atoms with E-state index in [0.717, 1.165) is 31.5 Å². The molecule has 2 rings (SSSR count). The molecule has 1 heterocycles. The summed E-state index contributed by atoms with van der Waals surface area (Å²) in [7, 11) is 0. The Labute approximate surface area is 107 Å². The second-order valence-corrected chi connectivity index (χ2v) is 5.19. The van der Waals surface area contributed by atoms with Crippen LogP contribution < -0.4 is 5.32 Å². The first kappa shape index (κ1) is 13.1. The van der Waals surface area contributed by atoms with Crippen molar-refractivity contribution in [3.05, 3.63) is 18.2 Å². The van der Waals surface area contributed by atoms with Gasteiger partial charge in [0.25, 0.3) is 0 Å². The molecule has 1 atom stereocenters. The molecular weight excluding hydrogens is 230 g/mol. The van der Waals surface area contributed by atoms with Crippen molar-refractivity contribution in [2.45, 2.75) is 51.1 Å². The molecule has 1 aromatic heterocycles. The number of rotatable bonds is 4. The first-order chi connectivity index (χ1) is 8.58. The van der Waals surface area contributed by atoms with Gasteiger partial charge in [0.2, 0.25) is 5.91 Å². The van der Waals surface area contributed by atoms with Crippen molar-refractivity contribution < 1.29 is 9.90 Å². The van der Waals surface area contributed by atoms with Crippen LogP contribution in [0.4, 0.5) is 0 Å². The highest BCUT2D eigenvalue weighted by Gasteiger charge is 2.35. The molecule has 1 amide bonds. The van der Waals surface area contributed by atoms with Crippen molar-refractivity contribution in [3.63, 3.8) is 0 Å². The number of aryl methyl sites for hydroxylation is 1. The predicted molar refractivity (Wildman–Crippen MR) is 68.1 cm³/mol. The summed E-state index contributed by atoms with van der Waals surface area (Å²) in [6.07, 6.45) is 7.37. The lowest BCUT2D eigenvalue weighted by Crippen LogP contribution is -2.51. The van der Waals surface area contributed by atoms with E-state index in [1.54, 1.807) is 12.4 Å². The van der Waals surface area contributed by atoms with Crippen LogP contribution in [-0.2, 0) is 4.79 Å². The van der Waals surface area contributed by atoms with Gasteiger partial charge in [-0.1, -0.05) is 12.8 Å². The summed E-state index contributed by atoms with van der Waals surface area (Å²) in [4.78, 5) is 16.4. The molecule has 0 radical (unpaired) electrons. The van der Waals surface area contributed by atoms with E-state index in [0.29, 0.717) is 0 Å². The fourth-order valence-electron chi connectivity index (χ4n) is 2.66.